The number of hydrogen-bond acceptors (Lipinski definition) is 8. The molecule has 0 spiro atoms. The number of anilines is 4. The Kier molecular flexibility index (Phi) is 5.70. The van der Waals surface area contributed by atoms with Crippen molar-refractivity contribution in [3.05, 3.63) is 64.8 Å². The summed E-state index contributed by atoms with van der Waals surface area (Å²) in [7, 11) is -3.32. The molecule has 0 aliphatic heterocycles. The predicted octanol–water partition coefficient (Wildman–Crippen LogP) is 3.99. The van der Waals surface area contributed by atoms with Crippen LogP contribution in [0.2, 0.25) is 0 Å². The van der Waals surface area contributed by atoms with Crippen molar-refractivity contribution < 1.29 is 12.8 Å². The maximum atomic E-state index is 12.1. The molecular weight excluding hydrogens is 430 g/mol. The molecule has 2 heterocycles. The Bertz CT molecular complexity index is 1460. The van der Waals surface area contributed by atoms with Crippen LogP contribution in [0.25, 0.3) is 11.1 Å². The molecule has 0 aliphatic rings. The second kappa shape index (κ2) is 8.46. The highest BCUT2D eigenvalue weighted by atomic mass is 32.2. The van der Waals surface area contributed by atoms with E-state index in [4.69, 9.17) is 4.42 Å². The minimum atomic E-state index is -3.32. The van der Waals surface area contributed by atoms with Gasteiger partial charge in [-0.1, -0.05) is 13.0 Å². The number of hydrogen-bond donors (Lipinski definition) is 2. The molecule has 32 heavy (non-hydrogen) atoms. The van der Waals surface area contributed by atoms with E-state index in [0.717, 1.165) is 23.9 Å². The lowest BCUT2D eigenvalue weighted by molar-refractivity contribution is 0.502. The summed E-state index contributed by atoms with van der Waals surface area (Å²) in [6, 6.07) is 11.9. The molecule has 0 saturated heterocycles. The lowest BCUT2D eigenvalue weighted by atomic mass is 10.2. The fourth-order valence-electron chi connectivity index (χ4n) is 3.27. The summed E-state index contributed by atoms with van der Waals surface area (Å²) >= 11 is 0. The molecule has 0 aliphatic carbocycles. The summed E-state index contributed by atoms with van der Waals surface area (Å²) in [6.07, 6.45) is 3.64. The third-order valence-corrected chi connectivity index (χ3v) is 5.98. The number of sulfone groups is 1. The number of rotatable bonds is 7. The number of fused-ring (bicyclic) bond motifs is 1. The molecule has 2 aromatic carbocycles. The van der Waals surface area contributed by atoms with Crippen LogP contribution >= 0.6 is 0 Å². The van der Waals surface area contributed by atoms with Gasteiger partial charge >= 0.3 is 5.76 Å². The van der Waals surface area contributed by atoms with Gasteiger partial charge < -0.3 is 15.1 Å². The van der Waals surface area contributed by atoms with Crippen molar-refractivity contribution in [2.45, 2.75) is 31.7 Å². The van der Waals surface area contributed by atoms with Crippen molar-refractivity contribution in [3.8, 4) is 0 Å². The fourth-order valence-corrected chi connectivity index (χ4v) is 3.94. The Morgan fingerprint density at radius 3 is 2.62 bits per heavy atom. The van der Waals surface area contributed by atoms with Crippen LogP contribution in [-0.4, -0.2) is 29.2 Å². The van der Waals surface area contributed by atoms with Gasteiger partial charge in [-0.05, 0) is 49.7 Å². The standard InChI is InChI=1S/C22H23N5O4S/c1-4-10-27-18-12-16(8-9-19(18)31-22(27)28)24-20-14(2)13-23-21(26-20)25-15-6-5-7-17(11-15)32(3,29)30/h5-9,11-13H,4,10H2,1-3H3,(H2,23,24,25,26). The number of benzene rings is 2. The Morgan fingerprint density at radius 1 is 1.09 bits per heavy atom. The van der Waals surface area contributed by atoms with E-state index < -0.39 is 9.84 Å². The average molecular weight is 454 g/mol. The van der Waals surface area contributed by atoms with Crippen LogP contribution in [0.5, 0.6) is 0 Å². The quantitative estimate of drug-likeness (QED) is 0.431. The zero-order chi connectivity index (χ0) is 22.9. The first kappa shape index (κ1) is 21.6. The van der Waals surface area contributed by atoms with Gasteiger partial charge in [-0.15, -0.1) is 0 Å². The minimum absolute atomic E-state index is 0.208. The summed E-state index contributed by atoms with van der Waals surface area (Å²) in [5, 5.41) is 6.30. The summed E-state index contributed by atoms with van der Waals surface area (Å²) < 4.78 is 30.5. The summed E-state index contributed by atoms with van der Waals surface area (Å²) in [6.45, 7) is 4.44. The summed E-state index contributed by atoms with van der Waals surface area (Å²) in [5.74, 6) is 0.519. The van der Waals surface area contributed by atoms with Gasteiger partial charge in [-0.2, -0.15) is 4.98 Å². The molecule has 0 bridgehead atoms. The van der Waals surface area contributed by atoms with E-state index in [1.807, 2.05) is 26.0 Å². The summed E-state index contributed by atoms with van der Waals surface area (Å²) in [4.78, 5) is 21.1. The van der Waals surface area contributed by atoms with Crippen LogP contribution in [-0.2, 0) is 16.4 Å². The van der Waals surface area contributed by atoms with Gasteiger partial charge in [0.25, 0.3) is 0 Å². The molecule has 0 saturated carbocycles. The highest BCUT2D eigenvalue weighted by molar-refractivity contribution is 7.90. The smallest absolute Gasteiger partial charge is 0.408 e. The van der Waals surface area contributed by atoms with Crippen LogP contribution in [0.4, 0.5) is 23.1 Å². The van der Waals surface area contributed by atoms with Crippen LogP contribution in [0.15, 0.2) is 62.8 Å². The number of oxazole rings is 1. The topological polar surface area (TPSA) is 119 Å². The van der Waals surface area contributed by atoms with Crippen LogP contribution in [0.1, 0.15) is 18.9 Å². The molecule has 10 heteroatoms. The van der Waals surface area contributed by atoms with Crippen molar-refractivity contribution in [3.63, 3.8) is 0 Å². The van der Waals surface area contributed by atoms with E-state index in [1.165, 1.54) is 12.1 Å². The normalized spacial score (nSPS) is 11.6. The number of aromatic nitrogens is 3. The molecule has 4 rings (SSSR count). The van der Waals surface area contributed by atoms with E-state index in [1.54, 1.807) is 29.0 Å². The third-order valence-electron chi connectivity index (χ3n) is 4.87. The third kappa shape index (κ3) is 4.50. The number of aryl methyl sites for hydroxylation is 2. The Hall–Kier alpha value is -3.66. The van der Waals surface area contributed by atoms with E-state index in [0.29, 0.717) is 35.1 Å². The van der Waals surface area contributed by atoms with Crippen molar-refractivity contribution in [2.24, 2.45) is 0 Å². The zero-order valence-corrected chi connectivity index (χ0v) is 18.7. The molecule has 0 atom stereocenters. The number of nitrogens with zero attached hydrogens (tertiary/aromatic N) is 3. The molecule has 4 aromatic rings. The lowest BCUT2D eigenvalue weighted by Gasteiger charge is -2.12. The second-order valence-corrected chi connectivity index (χ2v) is 9.49. The highest BCUT2D eigenvalue weighted by Crippen LogP contribution is 2.25. The molecular formula is C22H23N5O4S. The largest absolute Gasteiger partial charge is 0.419 e. The highest BCUT2D eigenvalue weighted by Gasteiger charge is 2.12. The zero-order valence-electron chi connectivity index (χ0n) is 17.9. The molecule has 2 aromatic heterocycles. The first-order chi connectivity index (χ1) is 15.2. The van der Waals surface area contributed by atoms with Gasteiger partial charge in [-0.25, -0.2) is 18.2 Å². The van der Waals surface area contributed by atoms with Gasteiger partial charge in [0, 0.05) is 35.9 Å². The van der Waals surface area contributed by atoms with Crippen LogP contribution in [0, 0.1) is 6.92 Å². The van der Waals surface area contributed by atoms with Gasteiger partial charge in [0.05, 0.1) is 10.4 Å². The predicted molar refractivity (Wildman–Crippen MR) is 124 cm³/mol. The van der Waals surface area contributed by atoms with Crippen LogP contribution in [0.3, 0.4) is 0 Å². The molecule has 166 valence electrons. The molecule has 2 N–H and O–H groups in total. The monoisotopic (exact) mass is 453 g/mol. The van der Waals surface area contributed by atoms with Crippen LogP contribution < -0.4 is 16.4 Å². The van der Waals surface area contributed by atoms with E-state index >= 15 is 0 Å². The van der Waals surface area contributed by atoms with E-state index in [-0.39, 0.29) is 10.7 Å². The fraction of sp³-hybridized carbons (Fsp3) is 0.227. The second-order valence-electron chi connectivity index (χ2n) is 7.48. The Balaban J connectivity index is 1.62. The van der Waals surface area contributed by atoms with Gasteiger partial charge in [-0.3, -0.25) is 4.57 Å². The van der Waals surface area contributed by atoms with Crippen molar-refractivity contribution in [1.82, 2.24) is 14.5 Å². The maximum absolute atomic E-state index is 12.1. The van der Waals surface area contributed by atoms with E-state index in [2.05, 4.69) is 20.6 Å². The van der Waals surface area contributed by atoms with Gasteiger partial charge in [0.15, 0.2) is 15.4 Å². The van der Waals surface area contributed by atoms with Gasteiger partial charge in [0.1, 0.15) is 5.82 Å². The lowest BCUT2D eigenvalue weighted by Crippen LogP contribution is -2.13. The number of nitrogens with one attached hydrogen (secondary N) is 2. The molecule has 0 unspecified atom stereocenters. The Labute approximate surface area is 185 Å². The molecule has 0 amide bonds. The molecule has 0 radical (unpaired) electrons. The van der Waals surface area contributed by atoms with E-state index in [9.17, 15) is 13.2 Å². The first-order valence-corrected chi connectivity index (χ1v) is 11.9. The van der Waals surface area contributed by atoms with Crippen molar-refractivity contribution in [1.29, 1.82) is 0 Å². The molecule has 9 nitrogen and oxygen atoms in total. The molecule has 0 fully saturated rings. The maximum Gasteiger partial charge on any atom is 0.419 e. The minimum Gasteiger partial charge on any atom is -0.408 e. The SMILES string of the molecule is CCCn1c(=O)oc2ccc(Nc3nc(Nc4cccc(S(C)(=O)=O)c4)ncc3C)cc21. The van der Waals surface area contributed by atoms with Crippen molar-refractivity contribution in [2.75, 3.05) is 16.9 Å². The average Bonchev–Trinajstić information content (AvgIpc) is 3.05. The summed E-state index contributed by atoms with van der Waals surface area (Å²) in [5.41, 5.74) is 3.37. The van der Waals surface area contributed by atoms with Crippen molar-refractivity contribution >= 4 is 44.1 Å². The first-order valence-electron chi connectivity index (χ1n) is 10.1. The van der Waals surface area contributed by atoms with Gasteiger partial charge in [0.2, 0.25) is 5.95 Å². The Morgan fingerprint density at radius 2 is 1.88 bits per heavy atom.